The molecule has 0 heterocycles. The first-order valence-electron chi connectivity index (χ1n) is 5.30. The van der Waals surface area contributed by atoms with Crippen molar-refractivity contribution in [2.45, 2.75) is 32.6 Å². The normalized spacial score (nSPS) is 7.80. The van der Waals surface area contributed by atoms with E-state index < -0.39 is 0 Å². The number of ketones is 1. The molecule has 0 aromatic carbocycles. The molecular formula is C14H17ClFeO4. The van der Waals surface area contributed by atoms with Gasteiger partial charge in [-0.2, -0.15) is 0 Å². The topological polar surface area (TPSA) is 76.8 Å². The molecule has 0 atom stereocenters. The molecule has 20 heavy (non-hydrogen) atoms. The predicted octanol–water partition coefficient (Wildman–Crippen LogP) is 3.37. The van der Waals surface area contributed by atoms with Gasteiger partial charge in [0.05, 0.1) is 0 Å². The quantitative estimate of drug-likeness (QED) is 0.133. The monoisotopic (exact) mass is 340 g/mol. The summed E-state index contributed by atoms with van der Waals surface area (Å²) >= 11 is 5.51. The van der Waals surface area contributed by atoms with Gasteiger partial charge in [0.1, 0.15) is 0 Å². The molecule has 0 aliphatic carbocycles. The van der Waals surface area contributed by atoms with Crippen LogP contribution in [0.4, 0.5) is 0 Å². The SMILES string of the molecule is C/C=C/C=C\C(=O)CCCCCCl.[C-]#[O+].[C-]#[O+].[C-]#[O+].[Fe]. The summed E-state index contributed by atoms with van der Waals surface area (Å²) in [4.78, 5) is 11.1. The van der Waals surface area contributed by atoms with Gasteiger partial charge < -0.3 is 0 Å². The van der Waals surface area contributed by atoms with Crippen LogP contribution in [0.25, 0.3) is 0 Å². The van der Waals surface area contributed by atoms with E-state index in [1.54, 1.807) is 12.2 Å². The third-order valence-corrected chi connectivity index (χ3v) is 1.91. The average Bonchev–Trinajstić information content (AvgIpc) is 2.50. The zero-order chi connectivity index (χ0) is 15.9. The van der Waals surface area contributed by atoms with E-state index in [4.69, 9.17) is 25.6 Å². The van der Waals surface area contributed by atoms with Gasteiger partial charge >= 0.3 is 33.9 Å². The van der Waals surface area contributed by atoms with Crippen LogP contribution < -0.4 is 0 Å². The molecule has 6 heteroatoms. The third kappa shape index (κ3) is 43.4. The fourth-order valence-electron chi connectivity index (χ4n) is 0.928. The Labute approximate surface area is 136 Å². The van der Waals surface area contributed by atoms with Gasteiger partial charge in [-0.05, 0) is 25.8 Å². The molecule has 0 N–H and O–H groups in total. The van der Waals surface area contributed by atoms with Crippen molar-refractivity contribution in [2.75, 3.05) is 5.88 Å². The molecule has 0 rings (SSSR count). The van der Waals surface area contributed by atoms with E-state index in [0.29, 0.717) is 12.3 Å². The second-order valence-electron chi connectivity index (χ2n) is 2.85. The molecule has 0 bridgehead atoms. The van der Waals surface area contributed by atoms with Gasteiger partial charge in [0.25, 0.3) is 0 Å². The zero-order valence-corrected chi connectivity index (χ0v) is 13.1. The molecule has 0 aromatic rings. The zero-order valence-electron chi connectivity index (χ0n) is 11.2. The largest absolute Gasteiger partial charge is 0 e. The van der Waals surface area contributed by atoms with Crippen LogP contribution in [0.3, 0.4) is 0 Å². The minimum atomic E-state index is 0. The van der Waals surface area contributed by atoms with E-state index in [9.17, 15) is 4.79 Å². The first-order valence-corrected chi connectivity index (χ1v) is 5.84. The Balaban J connectivity index is -0.0000000940. The van der Waals surface area contributed by atoms with Crippen LogP contribution in [0.1, 0.15) is 32.6 Å². The maximum atomic E-state index is 11.1. The first kappa shape index (κ1) is 31.5. The number of hydrogen-bond acceptors (Lipinski definition) is 1. The van der Waals surface area contributed by atoms with Crippen LogP contribution in [0.15, 0.2) is 24.3 Å². The molecule has 0 saturated carbocycles. The van der Waals surface area contributed by atoms with Crippen LogP contribution in [0.5, 0.6) is 0 Å². The maximum Gasteiger partial charge on any atom is 0 e. The van der Waals surface area contributed by atoms with Gasteiger partial charge in [-0.1, -0.05) is 24.6 Å². The second-order valence-corrected chi connectivity index (χ2v) is 3.23. The Hall–Kier alpha value is -0.821. The van der Waals surface area contributed by atoms with Gasteiger partial charge in [0.15, 0.2) is 5.78 Å². The van der Waals surface area contributed by atoms with Crippen LogP contribution in [0, 0.1) is 20.0 Å². The summed E-state index contributed by atoms with van der Waals surface area (Å²) < 4.78 is 22.5. The van der Waals surface area contributed by atoms with Crippen molar-refractivity contribution in [2.24, 2.45) is 0 Å². The Morgan fingerprint density at radius 2 is 1.50 bits per heavy atom. The van der Waals surface area contributed by atoms with Gasteiger partial charge in [0, 0.05) is 29.4 Å². The summed E-state index contributed by atoms with van der Waals surface area (Å²) in [6.07, 6.45) is 10.8. The predicted molar refractivity (Wildman–Crippen MR) is 69.9 cm³/mol. The number of rotatable bonds is 7. The van der Waals surface area contributed by atoms with E-state index in [1.807, 2.05) is 19.1 Å². The van der Waals surface area contributed by atoms with E-state index in [-0.39, 0.29) is 22.9 Å². The number of halogens is 1. The molecule has 0 aromatic heterocycles. The fraction of sp³-hybridized carbons (Fsp3) is 0.429. The molecule has 4 nitrogen and oxygen atoms in total. The number of allylic oxidation sites excluding steroid dienone is 4. The van der Waals surface area contributed by atoms with Crippen LogP contribution in [-0.4, -0.2) is 11.7 Å². The van der Waals surface area contributed by atoms with Gasteiger partial charge in [-0.25, -0.2) is 0 Å². The molecule has 0 saturated heterocycles. The molecule has 0 unspecified atom stereocenters. The summed E-state index contributed by atoms with van der Waals surface area (Å²) in [6, 6.07) is 0. The van der Waals surface area contributed by atoms with Crippen molar-refractivity contribution < 1.29 is 35.8 Å². The molecule has 0 spiro atoms. The van der Waals surface area contributed by atoms with E-state index in [2.05, 4.69) is 20.0 Å². The summed E-state index contributed by atoms with van der Waals surface area (Å²) in [5.41, 5.74) is 0. The minimum Gasteiger partial charge on any atom is 0 e. The fourth-order valence-corrected chi connectivity index (χ4v) is 1.12. The summed E-state index contributed by atoms with van der Waals surface area (Å²) in [5, 5.41) is 0. The number of alkyl halides is 1. The molecular weight excluding hydrogens is 323 g/mol. The first-order chi connectivity index (χ1) is 9.31. The molecule has 0 fully saturated rings. The number of unbranched alkanes of at least 4 members (excludes halogenated alkanes) is 2. The van der Waals surface area contributed by atoms with Crippen LogP contribution in [0.2, 0.25) is 0 Å². The van der Waals surface area contributed by atoms with Gasteiger partial charge in [-0.15, -0.1) is 11.6 Å². The summed E-state index contributed by atoms with van der Waals surface area (Å²) in [6.45, 7) is 15.4. The number of hydrogen-bond donors (Lipinski definition) is 0. The van der Waals surface area contributed by atoms with Gasteiger partial charge in [0.2, 0.25) is 0 Å². The van der Waals surface area contributed by atoms with Crippen molar-refractivity contribution in [1.29, 1.82) is 0 Å². The Morgan fingerprint density at radius 3 is 1.90 bits per heavy atom. The molecule has 0 amide bonds. The van der Waals surface area contributed by atoms with Crippen molar-refractivity contribution >= 4 is 17.4 Å². The molecule has 112 valence electrons. The molecule has 0 aliphatic rings. The smallest absolute Gasteiger partial charge is 0 e. The Kier molecular flexibility index (Phi) is 67.7. The van der Waals surface area contributed by atoms with Crippen molar-refractivity contribution in [3.8, 4) is 0 Å². The average molecular weight is 341 g/mol. The van der Waals surface area contributed by atoms with E-state index >= 15 is 0 Å². The van der Waals surface area contributed by atoms with Crippen LogP contribution in [-0.2, 0) is 35.8 Å². The Bertz CT molecular complexity index is 279. The number of carbonyl (C=O) groups is 1. The van der Waals surface area contributed by atoms with Crippen molar-refractivity contribution in [3.05, 3.63) is 44.3 Å². The molecule has 0 aliphatic heterocycles. The summed E-state index contributed by atoms with van der Waals surface area (Å²) in [5.74, 6) is 0.899. The minimum absolute atomic E-state index is 0. The second kappa shape index (κ2) is 42.9. The maximum absolute atomic E-state index is 11.1. The van der Waals surface area contributed by atoms with E-state index in [0.717, 1.165) is 19.3 Å². The van der Waals surface area contributed by atoms with Crippen molar-refractivity contribution in [1.82, 2.24) is 0 Å². The number of carbonyl (C=O) groups excluding carboxylic acids is 1. The van der Waals surface area contributed by atoms with Crippen molar-refractivity contribution in [3.63, 3.8) is 0 Å². The summed E-state index contributed by atoms with van der Waals surface area (Å²) in [7, 11) is 0. The Morgan fingerprint density at radius 1 is 1.00 bits per heavy atom. The van der Waals surface area contributed by atoms with E-state index in [1.165, 1.54) is 0 Å². The standard InChI is InChI=1S/C11H17ClO.3CO.Fe/c1-2-3-5-8-11(13)9-6-4-7-10-12;3*1-2;/h2-3,5,8H,4,6-7,9-10H2,1H3;;;;/b3-2+,8-5-;;;;. The van der Waals surface area contributed by atoms with Crippen LogP contribution >= 0.6 is 11.6 Å². The van der Waals surface area contributed by atoms with Gasteiger partial charge in [-0.3, -0.25) is 4.79 Å². The molecule has 0 radical (unpaired) electrons. The third-order valence-electron chi connectivity index (χ3n) is 1.64.